The van der Waals surface area contributed by atoms with E-state index in [9.17, 15) is 9.59 Å². The third-order valence-electron chi connectivity index (χ3n) is 5.32. The minimum Gasteiger partial charge on any atom is -0.490 e. The van der Waals surface area contributed by atoms with Gasteiger partial charge in [-0.15, -0.1) is 0 Å². The molecule has 1 heterocycles. The lowest BCUT2D eigenvalue weighted by atomic mass is 9.99. The Morgan fingerprint density at radius 1 is 1.09 bits per heavy atom. The lowest BCUT2D eigenvalue weighted by Crippen LogP contribution is -2.54. The van der Waals surface area contributed by atoms with Gasteiger partial charge in [0.15, 0.2) is 5.11 Å². The third kappa shape index (κ3) is 4.11. The number of carbonyl (C=O) groups is 2. The number of nitrogens with zero attached hydrogens (tertiary/aromatic N) is 1. The van der Waals surface area contributed by atoms with E-state index < -0.39 is 11.8 Å². The highest BCUT2D eigenvalue weighted by Gasteiger charge is 2.35. The Balaban J connectivity index is 1.87. The fourth-order valence-electron chi connectivity index (χ4n) is 3.48. The summed E-state index contributed by atoms with van der Waals surface area (Å²) < 4.78 is 6.12. The van der Waals surface area contributed by atoms with E-state index in [1.165, 1.54) is 4.90 Å². The number of para-hydroxylation sites is 1. The van der Waals surface area contributed by atoms with Gasteiger partial charge in [-0.05, 0) is 60.6 Å². The molecular formula is C25H21ClN2O3S. The largest absolute Gasteiger partial charge is 0.490 e. The van der Waals surface area contributed by atoms with Crippen LogP contribution in [0.5, 0.6) is 5.75 Å². The van der Waals surface area contributed by atoms with Crippen molar-refractivity contribution in [2.75, 3.05) is 4.90 Å². The molecule has 3 aromatic carbocycles. The number of hydrogen-bond acceptors (Lipinski definition) is 4. The molecule has 0 spiro atoms. The van der Waals surface area contributed by atoms with Gasteiger partial charge in [0.05, 0.1) is 16.8 Å². The average Bonchev–Trinajstić information content (AvgIpc) is 2.78. The minimum absolute atomic E-state index is 0.0146. The van der Waals surface area contributed by atoms with E-state index in [1.54, 1.807) is 30.3 Å². The van der Waals surface area contributed by atoms with E-state index in [-0.39, 0.29) is 16.8 Å². The lowest BCUT2D eigenvalue weighted by molar-refractivity contribution is -0.122. The molecule has 4 rings (SSSR count). The van der Waals surface area contributed by atoms with E-state index in [0.717, 1.165) is 17.2 Å². The third-order valence-corrected chi connectivity index (χ3v) is 5.92. The fraction of sp³-hybridized carbons (Fsp3) is 0.160. The zero-order chi connectivity index (χ0) is 22.8. The molecule has 2 amide bonds. The Labute approximate surface area is 196 Å². The summed E-state index contributed by atoms with van der Waals surface area (Å²) in [6.07, 6.45) is 2.36. The van der Waals surface area contributed by atoms with Gasteiger partial charge in [-0.25, -0.2) is 0 Å². The maximum absolute atomic E-state index is 13.4. The van der Waals surface area contributed by atoms with E-state index in [1.807, 2.05) is 50.2 Å². The maximum atomic E-state index is 13.4. The van der Waals surface area contributed by atoms with Crippen molar-refractivity contribution in [1.82, 2.24) is 5.32 Å². The monoisotopic (exact) mass is 464 g/mol. The molecule has 0 unspecified atom stereocenters. The number of thiocarbonyl (C=S) groups is 1. The number of nitrogens with one attached hydrogen (secondary N) is 1. The molecule has 0 aromatic heterocycles. The quantitative estimate of drug-likeness (QED) is 0.307. The second kappa shape index (κ2) is 9.10. The first-order valence-corrected chi connectivity index (χ1v) is 11.0. The van der Waals surface area contributed by atoms with E-state index >= 15 is 0 Å². The standard InChI is InChI=1S/C25H21ClN2O3S/c1-3-15(2)31-22-13-12-16-8-4-5-9-17(16)18(22)14-19-23(29)27-25(32)28(24(19)30)21-11-7-6-10-20(21)26/h4-15H,3H2,1-2H3,(H,27,29,32)/b19-14+/t15-/m0/s1. The number of carbonyl (C=O) groups excluding carboxylic acids is 2. The van der Waals surface area contributed by atoms with Crippen molar-refractivity contribution in [3.63, 3.8) is 0 Å². The van der Waals surface area contributed by atoms with Gasteiger partial charge in [0.25, 0.3) is 11.8 Å². The molecule has 162 valence electrons. The predicted molar refractivity (Wildman–Crippen MR) is 132 cm³/mol. The molecule has 1 atom stereocenters. The molecule has 0 aliphatic carbocycles. The van der Waals surface area contributed by atoms with Crippen LogP contribution < -0.4 is 15.0 Å². The van der Waals surface area contributed by atoms with E-state index in [0.29, 0.717) is 22.0 Å². The summed E-state index contributed by atoms with van der Waals surface area (Å²) in [5.74, 6) is -0.511. The molecule has 5 nitrogen and oxygen atoms in total. The van der Waals surface area contributed by atoms with Gasteiger partial charge in [-0.2, -0.15) is 0 Å². The normalized spacial score (nSPS) is 16.4. The summed E-state index contributed by atoms with van der Waals surface area (Å²) in [5.41, 5.74) is 1.02. The van der Waals surface area contributed by atoms with Crippen LogP contribution in [0.3, 0.4) is 0 Å². The lowest BCUT2D eigenvalue weighted by Gasteiger charge is -2.29. The molecule has 0 saturated carbocycles. The Hall–Kier alpha value is -3.22. The van der Waals surface area contributed by atoms with Gasteiger partial charge < -0.3 is 4.74 Å². The van der Waals surface area contributed by atoms with Crippen molar-refractivity contribution in [2.24, 2.45) is 0 Å². The number of benzene rings is 3. The summed E-state index contributed by atoms with van der Waals surface area (Å²) in [4.78, 5) is 27.5. The first-order chi connectivity index (χ1) is 15.4. The molecule has 1 fully saturated rings. The number of ether oxygens (including phenoxy) is 1. The van der Waals surface area contributed by atoms with Gasteiger partial charge in [-0.1, -0.05) is 61.0 Å². The number of halogens is 1. The second-order valence-electron chi connectivity index (χ2n) is 7.44. The van der Waals surface area contributed by atoms with Crippen molar-refractivity contribution in [3.05, 3.63) is 76.8 Å². The average molecular weight is 465 g/mol. The molecule has 1 saturated heterocycles. The van der Waals surface area contributed by atoms with Crippen molar-refractivity contribution < 1.29 is 14.3 Å². The highest BCUT2D eigenvalue weighted by molar-refractivity contribution is 7.80. The molecule has 0 radical (unpaired) electrons. The van der Waals surface area contributed by atoms with Crippen LogP contribution in [0, 0.1) is 0 Å². The topological polar surface area (TPSA) is 58.6 Å². The summed E-state index contributed by atoms with van der Waals surface area (Å²) >= 11 is 11.6. The van der Waals surface area contributed by atoms with Crippen LogP contribution in [0.2, 0.25) is 5.02 Å². The molecule has 3 aromatic rings. The molecule has 1 aliphatic rings. The van der Waals surface area contributed by atoms with E-state index in [4.69, 9.17) is 28.6 Å². The SMILES string of the molecule is CC[C@H](C)Oc1ccc2ccccc2c1/C=C1\C(=O)NC(=S)N(c2ccccc2Cl)C1=O. The minimum atomic E-state index is -0.564. The Bertz CT molecular complexity index is 1270. The smallest absolute Gasteiger partial charge is 0.270 e. The first-order valence-electron chi connectivity index (χ1n) is 10.2. The Morgan fingerprint density at radius 3 is 2.56 bits per heavy atom. The summed E-state index contributed by atoms with van der Waals surface area (Å²) in [6, 6.07) is 18.4. The molecule has 32 heavy (non-hydrogen) atoms. The van der Waals surface area contributed by atoms with E-state index in [2.05, 4.69) is 5.32 Å². The summed E-state index contributed by atoms with van der Waals surface area (Å²) in [5, 5.41) is 4.79. The van der Waals surface area contributed by atoms with Gasteiger partial charge in [-0.3, -0.25) is 19.8 Å². The fourth-order valence-corrected chi connectivity index (χ4v) is 3.98. The van der Waals surface area contributed by atoms with Gasteiger partial charge >= 0.3 is 0 Å². The van der Waals surface area contributed by atoms with Crippen molar-refractivity contribution in [3.8, 4) is 5.75 Å². The number of rotatable bonds is 5. The van der Waals surface area contributed by atoms with Crippen LogP contribution in [0.1, 0.15) is 25.8 Å². The van der Waals surface area contributed by atoms with Crippen LogP contribution >= 0.6 is 23.8 Å². The van der Waals surface area contributed by atoms with Crippen LogP contribution in [0.4, 0.5) is 5.69 Å². The summed E-state index contributed by atoms with van der Waals surface area (Å²) in [7, 11) is 0. The number of hydrogen-bond donors (Lipinski definition) is 1. The van der Waals surface area contributed by atoms with Crippen molar-refractivity contribution in [2.45, 2.75) is 26.4 Å². The van der Waals surface area contributed by atoms with Crippen molar-refractivity contribution in [1.29, 1.82) is 0 Å². The number of amides is 2. The molecule has 1 N–H and O–H groups in total. The second-order valence-corrected chi connectivity index (χ2v) is 8.24. The van der Waals surface area contributed by atoms with Crippen LogP contribution in [0.25, 0.3) is 16.8 Å². The molecule has 0 bridgehead atoms. The zero-order valence-electron chi connectivity index (χ0n) is 17.6. The van der Waals surface area contributed by atoms with Gasteiger partial charge in [0.1, 0.15) is 11.3 Å². The first kappa shape index (κ1) is 22.0. The number of fused-ring (bicyclic) bond motifs is 1. The van der Waals surface area contributed by atoms with Crippen LogP contribution in [-0.4, -0.2) is 23.0 Å². The zero-order valence-corrected chi connectivity index (χ0v) is 19.2. The molecular weight excluding hydrogens is 444 g/mol. The maximum Gasteiger partial charge on any atom is 0.270 e. The van der Waals surface area contributed by atoms with Crippen molar-refractivity contribution >= 4 is 63.3 Å². The highest BCUT2D eigenvalue weighted by Crippen LogP contribution is 2.33. The summed E-state index contributed by atoms with van der Waals surface area (Å²) in [6.45, 7) is 4.01. The van der Waals surface area contributed by atoms with Gasteiger partial charge in [0.2, 0.25) is 0 Å². The molecule has 1 aliphatic heterocycles. The van der Waals surface area contributed by atoms with Crippen LogP contribution in [-0.2, 0) is 9.59 Å². The Kier molecular flexibility index (Phi) is 6.26. The highest BCUT2D eigenvalue weighted by atomic mass is 35.5. The number of anilines is 1. The Morgan fingerprint density at radius 2 is 1.81 bits per heavy atom. The predicted octanol–water partition coefficient (Wildman–Crippen LogP) is 5.50. The molecule has 7 heteroatoms. The van der Waals surface area contributed by atoms with Crippen LogP contribution in [0.15, 0.2) is 66.2 Å². The van der Waals surface area contributed by atoms with Gasteiger partial charge in [0, 0.05) is 5.56 Å².